The molecule has 1 aliphatic heterocycles. The second-order valence-corrected chi connectivity index (χ2v) is 7.65. The number of para-hydroxylation sites is 2. The van der Waals surface area contributed by atoms with Crippen LogP contribution in [-0.4, -0.2) is 18.8 Å². The maximum Gasteiger partial charge on any atom is 0.254 e. The Balaban J connectivity index is 2.06. The molecule has 2 N–H and O–H groups in total. The van der Waals surface area contributed by atoms with E-state index in [1.165, 1.54) is 11.8 Å². The van der Waals surface area contributed by atoms with Crippen molar-refractivity contribution in [1.29, 1.82) is 5.26 Å². The lowest BCUT2D eigenvalue weighted by atomic mass is 9.82. The molecule has 1 heterocycles. The number of hydrogen-bond acceptors (Lipinski definition) is 5. The van der Waals surface area contributed by atoms with Crippen LogP contribution in [-0.2, 0) is 4.79 Å². The Bertz CT molecular complexity index is 1050. The fourth-order valence-electron chi connectivity index (χ4n) is 3.39. The van der Waals surface area contributed by atoms with Crippen LogP contribution in [0.2, 0.25) is 0 Å². The van der Waals surface area contributed by atoms with E-state index in [0.29, 0.717) is 34.0 Å². The summed E-state index contributed by atoms with van der Waals surface area (Å²) >= 11 is 1.50. The molecule has 0 radical (unpaired) electrons. The Hall–Kier alpha value is -3.43. The molecule has 6 heteroatoms. The molecular weight excluding hydrogens is 394 g/mol. The van der Waals surface area contributed by atoms with Crippen molar-refractivity contribution < 1.29 is 9.53 Å². The number of dihydropyridines is 1. The lowest BCUT2D eigenvalue weighted by molar-refractivity contribution is -0.113. The Morgan fingerprint density at radius 3 is 2.63 bits per heavy atom. The van der Waals surface area contributed by atoms with Gasteiger partial charge in [-0.2, -0.15) is 5.26 Å². The number of nitrogens with zero attached hydrogens (tertiary/aromatic N) is 1. The van der Waals surface area contributed by atoms with Crippen molar-refractivity contribution in [3.63, 3.8) is 0 Å². The van der Waals surface area contributed by atoms with E-state index in [0.717, 1.165) is 10.6 Å². The lowest BCUT2D eigenvalue weighted by Crippen LogP contribution is -2.30. The van der Waals surface area contributed by atoms with Crippen LogP contribution in [0, 0.1) is 11.3 Å². The highest BCUT2D eigenvalue weighted by molar-refractivity contribution is 8.03. The van der Waals surface area contributed by atoms with Crippen molar-refractivity contribution in [3.05, 3.63) is 94.7 Å². The average molecular weight is 418 g/mol. The smallest absolute Gasteiger partial charge is 0.254 e. The van der Waals surface area contributed by atoms with E-state index in [2.05, 4.69) is 23.3 Å². The van der Waals surface area contributed by atoms with E-state index < -0.39 is 5.92 Å². The SMILES string of the molecule is C=CCSC1=C(C#N)C(c2ccccc2)C(C(=O)Nc2ccccc2OC)=C(C)N1. The number of hydrogen-bond donors (Lipinski definition) is 2. The first-order valence-corrected chi connectivity index (χ1v) is 10.4. The monoisotopic (exact) mass is 417 g/mol. The Morgan fingerprint density at radius 1 is 1.27 bits per heavy atom. The highest BCUT2D eigenvalue weighted by atomic mass is 32.2. The van der Waals surface area contributed by atoms with E-state index in [9.17, 15) is 10.1 Å². The Labute approximate surface area is 181 Å². The zero-order valence-electron chi connectivity index (χ0n) is 16.9. The van der Waals surface area contributed by atoms with Crippen LogP contribution in [0.1, 0.15) is 18.4 Å². The predicted octanol–water partition coefficient (Wildman–Crippen LogP) is 4.95. The molecule has 2 aromatic rings. The molecule has 5 nitrogen and oxygen atoms in total. The van der Waals surface area contributed by atoms with Gasteiger partial charge in [-0.1, -0.05) is 48.5 Å². The molecule has 0 aromatic heterocycles. The van der Waals surface area contributed by atoms with Crippen LogP contribution in [0.5, 0.6) is 5.75 Å². The number of ether oxygens (including phenoxy) is 1. The molecule has 1 atom stereocenters. The van der Waals surface area contributed by atoms with Gasteiger partial charge in [-0.05, 0) is 24.6 Å². The number of amides is 1. The second kappa shape index (κ2) is 9.86. The van der Waals surface area contributed by atoms with Gasteiger partial charge in [0.2, 0.25) is 0 Å². The topological polar surface area (TPSA) is 74.2 Å². The number of allylic oxidation sites excluding steroid dienone is 2. The van der Waals surface area contributed by atoms with Crippen LogP contribution in [0.4, 0.5) is 5.69 Å². The molecule has 0 spiro atoms. The van der Waals surface area contributed by atoms with Gasteiger partial charge in [-0.3, -0.25) is 4.79 Å². The summed E-state index contributed by atoms with van der Waals surface area (Å²) < 4.78 is 5.35. The molecular formula is C24H23N3O2S. The summed E-state index contributed by atoms with van der Waals surface area (Å²) in [5, 5.41) is 16.9. The van der Waals surface area contributed by atoms with Gasteiger partial charge >= 0.3 is 0 Å². The lowest BCUT2D eigenvalue weighted by Gasteiger charge is -2.30. The predicted molar refractivity (Wildman–Crippen MR) is 122 cm³/mol. The summed E-state index contributed by atoms with van der Waals surface area (Å²) in [6.07, 6.45) is 1.79. The first-order valence-electron chi connectivity index (χ1n) is 9.45. The number of methoxy groups -OCH3 is 1. The van der Waals surface area contributed by atoms with Crippen molar-refractivity contribution in [2.45, 2.75) is 12.8 Å². The zero-order valence-corrected chi connectivity index (χ0v) is 17.8. The molecule has 0 saturated heterocycles. The van der Waals surface area contributed by atoms with Gasteiger partial charge in [0.05, 0.1) is 35.4 Å². The van der Waals surface area contributed by atoms with Crippen molar-refractivity contribution in [3.8, 4) is 11.8 Å². The fraction of sp³-hybridized carbons (Fsp3) is 0.167. The number of nitriles is 1. The standard InChI is InChI=1S/C24H23N3O2S/c1-4-14-30-24-18(15-25)22(17-10-6-5-7-11-17)21(16(2)26-24)23(28)27-19-12-8-9-13-20(19)29-3/h4-13,22,26H,1,14H2,2-3H3,(H,27,28). The molecule has 2 aromatic carbocycles. The van der Waals surface area contributed by atoms with Gasteiger partial charge in [0.1, 0.15) is 5.75 Å². The quantitative estimate of drug-likeness (QED) is 0.624. The number of carbonyl (C=O) groups excluding carboxylic acids is 1. The van der Waals surface area contributed by atoms with Crippen molar-refractivity contribution in [2.24, 2.45) is 0 Å². The third-order valence-electron chi connectivity index (χ3n) is 4.73. The van der Waals surface area contributed by atoms with E-state index in [1.807, 2.05) is 49.4 Å². The normalized spacial score (nSPS) is 15.8. The fourth-order valence-corrected chi connectivity index (χ4v) is 4.21. The minimum Gasteiger partial charge on any atom is -0.495 e. The summed E-state index contributed by atoms with van der Waals surface area (Å²) in [5.41, 5.74) is 3.19. The number of benzene rings is 2. The molecule has 0 fully saturated rings. The highest BCUT2D eigenvalue weighted by Gasteiger charge is 2.34. The Morgan fingerprint density at radius 2 is 1.97 bits per heavy atom. The van der Waals surface area contributed by atoms with Crippen molar-refractivity contribution >= 4 is 23.4 Å². The van der Waals surface area contributed by atoms with E-state index in [1.54, 1.807) is 25.3 Å². The van der Waals surface area contributed by atoms with Crippen LogP contribution in [0.3, 0.4) is 0 Å². The van der Waals surface area contributed by atoms with Crippen LogP contribution in [0.25, 0.3) is 0 Å². The minimum absolute atomic E-state index is 0.279. The third-order valence-corrected chi connectivity index (χ3v) is 5.74. The largest absolute Gasteiger partial charge is 0.495 e. The number of anilines is 1. The molecule has 3 rings (SSSR count). The molecule has 152 valence electrons. The summed E-state index contributed by atoms with van der Waals surface area (Å²) in [6.45, 7) is 5.61. The van der Waals surface area contributed by atoms with Gasteiger partial charge in [0.15, 0.2) is 0 Å². The molecule has 0 bridgehead atoms. The Kier molecular flexibility index (Phi) is 6.99. The molecule has 1 amide bonds. The summed E-state index contributed by atoms with van der Waals surface area (Å²) in [4.78, 5) is 13.4. The van der Waals surface area contributed by atoms with Gasteiger partial charge in [-0.15, -0.1) is 18.3 Å². The number of nitrogens with one attached hydrogen (secondary N) is 2. The van der Waals surface area contributed by atoms with Crippen LogP contribution >= 0.6 is 11.8 Å². The number of thioether (sulfide) groups is 1. The van der Waals surface area contributed by atoms with Crippen molar-refractivity contribution in [2.75, 3.05) is 18.2 Å². The summed E-state index contributed by atoms with van der Waals surface area (Å²) in [7, 11) is 1.56. The molecule has 0 saturated carbocycles. The van der Waals surface area contributed by atoms with E-state index >= 15 is 0 Å². The van der Waals surface area contributed by atoms with Gasteiger partial charge in [0.25, 0.3) is 5.91 Å². The molecule has 1 aliphatic rings. The average Bonchev–Trinajstić information content (AvgIpc) is 2.77. The third kappa shape index (κ3) is 4.42. The van der Waals surface area contributed by atoms with Crippen LogP contribution in [0.15, 0.2) is 89.1 Å². The van der Waals surface area contributed by atoms with Crippen LogP contribution < -0.4 is 15.4 Å². The van der Waals surface area contributed by atoms with Crippen molar-refractivity contribution in [1.82, 2.24) is 5.32 Å². The first kappa shape index (κ1) is 21.3. The maximum atomic E-state index is 13.4. The maximum absolute atomic E-state index is 13.4. The minimum atomic E-state index is -0.473. The van der Waals surface area contributed by atoms with E-state index in [-0.39, 0.29) is 5.91 Å². The summed E-state index contributed by atoms with van der Waals surface area (Å²) in [5.74, 6) is 0.478. The zero-order chi connectivity index (χ0) is 21.5. The van der Waals surface area contributed by atoms with Gasteiger partial charge < -0.3 is 15.4 Å². The van der Waals surface area contributed by atoms with E-state index in [4.69, 9.17) is 4.74 Å². The van der Waals surface area contributed by atoms with Gasteiger partial charge in [0, 0.05) is 17.0 Å². The molecule has 1 unspecified atom stereocenters. The molecule has 30 heavy (non-hydrogen) atoms. The number of carbonyl (C=O) groups is 1. The first-order chi connectivity index (χ1) is 14.6. The van der Waals surface area contributed by atoms with Gasteiger partial charge in [-0.25, -0.2) is 0 Å². The second-order valence-electron chi connectivity index (χ2n) is 6.62. The molecule has 0 aliphatic carbocycles. The summed E-state index contributed by atoms with van der Waals surface area (Å²) in [6, 6.07) is 19.2. The number of rotatable bonds is 7. The highest BCUT2D eigenvalue weighted by Crippen LogP contribution is 2.41.